The number of hydrogen-bond acceptors (Lipinski definition) is 3. The molecule has 1 spiro atoms. The molecule has 3 rings (SSSR count). The Morgan fingerprint density at radius 1 is 1.14 bits per heavy atom. The number of aromatic nitrogens is 1. The molecule has 1 aromatic rings. The maximum Gasteiger partial charge on any atom is 0.128 e. The van der Waals surface area contributed by atoms with E-state index in [0.29, 0.717) is 11.5 Å². The molecule has 1 saturated carbocycles. The number of pyridine rings is 1. The van der Waals surface area contributed by atoms with E-state index in [4.69, 9.17) is 0 Å². The summed E-state index contributed by atoms with van der Waals surface area (Å²) in [6, 6.07) is 4.94. The minimum Gasteiger partial charge on any atom is -0.357 e. The Morgan fingerprint density at radius 2 is 1.86 bits per heavy atom. The summed E-state index contributed by atoms with van der Waals surface area (Å²) in [6.45, 7) is 7.64. The fraction of sp³-hybridized carbons (Fsp3) is 0.722. The lowest BCUT2D eigenvalue weighted by atomic mass is 9.77. The third-order valence-electron chi connectivity index (χ3n) is 5.34. The molecule has 3 nitrogen and oxygen atoms in total. The molecule has 0 aromatic carbocycles. The molecule has 0 bridgehead atoms. The van der Waals surface area contributed by atoms with E-state index in [-0.39, 0.29) is 0 Å². The van der Waals surface area contributed by atoms with Crippen molar-refractivity contribution in [3.05, 3.63) is 23.9 Å². The molecule has 2 heterocycles. The molecule has 0 atom stereocenters. The predicted octanol–water partition coefficient (Wildman–Crippen LogP) is 3.74. The Morgan fingerprint density at radius 3 is 2.43 bits per heavy atom. The average molecular weight is 287 g/mol. The van der Waals surface area contributed by atoms with Crippen LogP contribution in [0, 0.1) is 5.41 Å². The molecule has 1 N–H and O–H groups in total. The molecular weight excluding hydrogens is 258 g/mol. The van der Waals surface area contributed by atoms with Crippen molar-refractivity contribution in [1.82, 2.24) is 10.3 Å². The van der Waals surface area contributed by atoms with Crippen molar-refractivity contribution in [2.45, 2.75) is 65.0 Å². The second kappa shape index (κ2) is 6.35. The van der Waals surface area contributed by atoms with E-state index in [1.807, 2.05) is 6.20 Å². The lowest BCUT2D eigenvalue weighted by molar-refractivity contribution is 0.226. The summed E-state index contributed by atoms with van der Waals surface area (Å²) in [4.78, 5) is 7.16. The van der Waals surface area contributed by atoms with Crippen molar-refractivity contribution in [3.63, 3.8) is 0 Å². The van der Waals surface area contributed by atoms with Crippen molar-refractivity contribution in [2.75, 3.05) is 18.0 Å². The highest BCUT2D eigenvalue weighted by Crippen LogP contribution is 2.46. The molecule has 0 unspecified atom stereocenters. The Balaban J connectivity index is 1.55. The zero-order valence-corrected chi connectivity index (χ0v) is 13.6. The van der Waals surface area contributed by atoms with Crippen LogP contribution in [0.15, 0.2) is 18.3 Å². The maximum atomic E-state index is 4.68. The fourth-order valence-corrected chi connectivity index (χ4v) is 3.87. The standard InChI is InChI=1S/C18H29N3/c1-15(2)19-13-16-5-6-17(20-14-16)21-11-9-18(10-12-21)7-3-4-8-18/h5-6,14-15,19H,3-4,7-13H2,1-2H3. The SMILES string of the molecule is CC(C)NCc1ccc(N2CCC3(CCCC3)CC2)nc1. The van der Waals surface area contributed by atoms with Gasteiger partial charge in [-0.25, -0.2) is 4.98 Å². The van der Waals surface area contributed by atoms with Gasteiger partial charge in [0.15, 0.2) is 0 Å². The second-order valence-electron chi connectivity index (χ2n) is 7.25. The van der Waals surface area contributed by atoms with Gasteiger partial charge in [-0.1, -0.05) is 32.8 Å². The van der Waals surface area contributed by atoms with Crippen molar-refractivity contribution < 1.29 is 0 Å². The number of rotatable bonds is 4. The monoisotopic (exact) mass is 287 g/mol. The van der Waals surface area contributed by atoms with E-state index in [0.717, 1.165) is 12.4 Å². The highest BCUT2D eigenvalue weighted by Gasteiger charge is 2.37. The van der Waals surface area contributed by atoms with E-state index in [2.05, 4.69) is 41.2 Å². The van der Waals surface area contributed by atoms with Gasteiger partial charge >= 0.3 is 0 Å². The first-order chi connectivity index (χ1) is 10.2. The Bertz CT molecular complexity index is 436. The van der Waals surface area contributed by atoms with E-state index in [9.17, 15) is 0 Å². The van der Waals surface area contributed by atoms with Gasteiger partial charge in [0.05, 0.1) is 0 Å². The molecule has 2 fully saturated rings. The number of piperidine rings is 1. The number of hydrogen-bond donors (Lipinski definition) is 1. The van der Waals surface area contributed by atoms with Gasteiger partial charge in [-0.15, -0.1) is 0 Å². The van der Waals surface area contributed by atoms with Gasteiger partial charge in [0, 0.05) is 31.9 Å². The van der Waals surface area contributed by atoms with Crippen LogP contribution in [-0.4, -0.2) is 24.1 Å². The third kappa shape index (κ3) is 3.57. The molecule has 21 heavy (non-hydrogen) atoms. The topological polar surface area (TPSA) is 28.2 Å². The molecule has 1 aromatic heterocycles. The fourth-order valence-electron chi connectivity index (χ4n) is 3.87. The number of anilines is 1. The molecule has 2 aliphatic rings. The smallest absolute Gasteiger partial charge is 0.128 e. The van der Waals surface area contributed by atoms with Crippen LogP contribution in [-0.2, 0) is 6.54 Å². The first kappa shape index (κ1) is 14.8. The summed E-state index contributed by atoms with van der Waals surface area (Å²) in [6.07, 6.45) is 10.6. The molecule has 3 heteroatoms. The van der Waals surface area contributed by atoms with Gasteiger partial charge in [-0.2, -0.15) is 0 Å². The average Bonchev–Trinajstić information content (AvgIpc) is 2.95. The molecule has 1 saturated heterocycles. The lowest BCUT2D eigenvalue weighted by Gasteiger charge is -2.40. The Kier molecular flexibility index (Phi) is 4.48. The Labute approximate surface area is 129 Å². The molecule has 1 aliphatic carbocycles. The molecule has 1 aliphatic heterocycles. The summed E-state index contributed by atoms with van der Waals surface area (Å²) in [5.74, 6) is 1.16. The first-order valence-electron chi connectivity index (χ1n) is 8.60. The van der Waals surface area contributed by atoms with Crippen LogP contribution in [0.5, 0.6) is 0 Å². The van der Waals surface area contributed by atoms with Crippen LogP contribution >= 0.6 is 0 Å². The van der Waals surface area contributed by atoms with Crippen molar-refractivity contribution in [3.8, 4) is 0 Å². The van der Waals surface area contributed by atoms with Gasteiger partial charge in [0.1, 0.15) is 5.82 Å². The van der Waals surface area contributed by atoms with Crippen LogP contribution < -0.4 is 10.2 Å². The lowest BCUT2D eigenvalue weighted by Crippen LogP contribution is -2.39. The Hall–Kier alpha value is -1.09. The van der Waals surface area contributed by atoms with Crippen molar-refractivity contribution in [2.24, 2.45) is 5.41 Å². The van der Waals surface area contributed by atoms with Crippen LogP contribution in [0.2, 0.25) is 0 Å². The molecule has 116 valence electrons. The summed E-state index contributed by atoms with van der Waals surface area (Å²) >= 11 is 0. The zero-order valence-electron chi connectivity index (χ0n) is 13.6. The van der Waals surface area contributed by atoms with E-state index < -0.39 is 0 Å². The van der Waals surface area contributed by atoms with Gasteiger partial charge in [0.25, 0.3) is 0 Å². The van der Waals surface area contributed by atoms with Gasteiger partial charge in [0.2, 0.25) is 0 Å². The van der Waals surface area contributed by atoms with Crippen LogP contribution in [0.25, 0.3) is 0 Å². The minimum atomic E-state index is 0.523. The minimum absolute atomic E-state index is 0.523. The number of nitrogens with one attached hydrogen (secondary N) is 1. The molecule has 0 amide bonds. The zero-order chi connectivity index (χ0) is 14.7. The van der Waals surface area contributed by atoms with Gasteiger partial charge in [-0.3, -0.25) is 0 Å². The van der Waals surface area contributed by atoms with E-state index >= 15 is 0 Å². The normalized spacial score (nSPS) is 21.4. The third-order valence-corrected chi connectivity index (χ3v) is 5.34. The van der Waals surface area contributed by atoms with E-state index in [1.54, 1.807) is 0 Å². The summed E-state index contributed by atoms with van der Waals surface area (Å²) in [5, 5.41) is 3.44. The highest BCUT2D eigenvalue weighted by atomic mass is 15.2. The summed E-state index contributed by atoms with van der Waals surface area (Å²) in [5.41, 5.74) is 1.97. The van der Waals surface area contributed by atoms with Crippen molar-refractivity contribution >= 4 is 5.82 Å². The predicted molar refractivity (Wildman–Crippen MR) is 88.6 cm³/mol. The number of nitrogens with zero attached hydrogens (tertiary/aromatic N) is 2. The van der Waals surface area contributed by atoms with Crippen LogP contribution in [0.3, 0.4) is 0 Å². The first-order valence-corrected chi connectivity index (χ1v) is 8.60. The summed E-state index contributed by atoms with van der Waals surface area (Å²) < 4.78 is 0. The van der Waals surface area contributed by atoms with Gasteiger partial charge < -0.3 is 10.2 Å². The van der Waals surface area contributed by atoms with Crippen LogP contribution in [0.1, 0.15) is 57.9 Å². The molecule has 0 radical (unpaired) electrons. The van der Waals surface area contributed by atoms with Crippen molar-refractivity contribution in [1.29, 1.82) is 0 Å². The quantitative estimate of drug-likeness (QED) is 0.914. The highest BCUT2D eigenvalue weighted by molar-refractivity contribution is 5.40. The maximum absolute atomic E-state index is 4.68. The summed E-state index contributed by atoms with van der Waals surface area (Å²) in [7, 11) is 0. The largest absolute Gasteiger partial charge is 0.357 e. The van der Waals surface area contributed by atoms with Crippen LogP contribution in [0.4, 0.5) is 5.82 Å². The van der Waals surface area contributed by atoms with E-state index in [1.165, 1.54) is 57.2 Å². The van der Waals surface area contributed by atoms with Gasteiger partial charge in [-0.05, 0) is 42.7 Å². The second-order valence-corrected chi connectivity index (χ2v) is 7.25. The molecular formula is C18H29N3.